The summed E-state index contributed by atoms with van der Waals surface area (Å²) >= 11 is 6.53. The Hall–Kier alpha value is -4.37. The summed E-state index contributed by atoms with van der Waals surface area (Å²) in [5.41, 5.74) is 1.22. The van der Waals surface area contributed by atoms with Crippen molar-refractivity contribution in [2.45, 2.75) is 18.9 Å². The van der Waals surface area contributed by atoms with Gasteiger partial charge in [0.15, 0.2) is 5.78 Å². The molecule has 4 heterocycles. The number of halogens is 1. The monoisotopic (exact) mass is 515 g/mol. The Morgan fingerprint density at radius 3 is 2.65 bits per heavy atom. The summed E-state index contributed by atoms with van der Waals surface area (Å²) in [4.78, 5) is 47.7. The Morgan fingerprint density at radius 2 is 1.92 bits per heavy atom. The lowest BCUT2D eigenvalue weighted by atomic mass is 9.92. The third-order valence-electron chi connectivity index (χ3n) is 6.87. The van der Waals surface area contributed by atoms with Crippen LogP contribution in [-0.2, 0) is 9.59 Å². The van der Waals surface area contributed by atoms with Crippen LogP contribution < -0.4 is 15.4 Å². The lowest BCUT2D eigenvalue weighted by Gasteiger charge is -2.35. The maximum atomic E-state index is 13.7. The molecule has 3 N–H and O–H groups in total. The minimum absolute atomic E-state index is 0.0935. The number of hydrogen-bond acceptors (Lipinski definition) is 6. The van der Waals surface area contributed by atoms with Gasteiger partial charge in [-0.3, -0.25) is 14.4 Å². The minimum atomic E-state index is -0.987. The van der Waals surface area contributed by atoms with Crippen LogP contribution in [0.2, 0.25) is 5.02 Å². The number of nitrogens with zero attached hydrogens (tertiary/aromatic N) is 2. The number of fused-ring (bicyclic) bond motifs is 3. The van der Waals surface area contributed by atoms with Crippen molar-refractivity contribution < 1.29 is 19.1 Å². The second kappa shape index (κ2) is 8.63. The fourth-order valence-corrected chi connectivity index (χ4v) is 5.17. The number of ketones is 1. The zero-order valence-corrected chi connectivity index (χ0v) is 20.6. The Kier molecular flexibility index (Phi) is 5.38. The maximum absolute atomic E-state index is 13.7. The third-order valence-corrected chi connectivity index (χ3v) is 7.18. The third kappa shape index (κ3) is 3.88. The number of ether oxygens (including phenoxy) is 1. The van der Waals surface area contributed by atoms with Crippen LogP contribution in [0.3, 0.4) is 0 Å². The smallest absolute Gasteiger partial charge is 0.252 e. The van der Waals surface area contributed by atoms with E-state index in [-0.39, 0.29) is 29.2 Å². The molecule has 4 aromatic rings. The van der Waals surface area contributed by atoms with E-state index in [2.05, 4.69) is 20.6 Å². The standard InChI is InChI=1S/C27H22ClN5O4/c1-15(34)33-10-9-27(14-33)26(36)31-21-13-30-25-22(23(21)32-27)19(12-29-25)24(35)18-8-7-17(11-20(18)28)37-16-5-3-2-4-6-16/h2-8,11-13,32H,9-10,14H2,1H3,(H,29,30)(H,31,36)/t27-/m0/s1. The van der Waals surface area contributed by atoms with Crippen molar-refractivity contribution in [1.82, 2.24) is 14.9 Å². The van der Waals surface area contributed by atoms with E-state index in [1.54, 1.807) is 35.5 Å². The second-order valence-corrected chi connectivity index (χ2v) is 9.62. The first kappa shape index (κ1) is 23.1. The van der Waals surface area contributed by atoms with Crippen LogP contribution >= 0.6 is 11.6 Å². The molecule has 0 saturated carbocycles. The van der Waals surface area contributed by atoms with Crippen molar-refractivity contribution in [1.29, 1.82) is 0 Å². The zero-order valence-electron chi connectivity index (χ0n) is 19.8. The molecule has 10 heteroatoms. The van der Waals surface area contributed by atoms with Gasteiger partial charge in [-0.1, -0.05) is 29.8 Å². The number of nitrogens with one attached hydrogen (secondary N) is 3. The number of rotatable bonds is 4. The van der Waals surface area contributed by atoms with Crippen molar-refractivity contribution >= 4 is 51.6 Å². The van der Waals surface area contributed by atoms with Gasteiger partial charge in [-0.25, -0.2) is 4.98 Å². The average Bonchev–Trinajstić information content (AvgIpc) is 3.51. The van der Waals surface area contributed by atoms with Crippen LogP contribution in [0.25, 0.3) is 11.0 Å². The highest BCUT2D eigenvalue weighted by Gasteiger charge is 2.48. The van der Waals surface area contributed by atoms with Gasteiger partial charge in [0, 0.05) is 31.3 Å². The first-order valence-corrected chi connectivity index (χ1v) is 12.1. The first-order chi connectivity index (χ1) is 17.8. The molecule has 0 radical (unpaired) electrons. The zero-order chi connectivity index (χ0) is 25.7. The highest BCUT2D eigenvalue weighted by Crippen LogP contribution is 2.41. The number of carbonyl (C=O) groups is 3. The van der Waals surface area contributed by atoms with Crippen LogP contribution in [0.1, 0.15) is 29.3 Å². The number of H-pyrrole nitrogens is 1. The van der Waals surface area contributed by atoms with Crippen LogP contribution in [0.15, 0.2) is 60.9 Å². The number of benzene rings is 2. The molecule has 0 unspecified atom stereocenters. The minimum Gasteiger partial charge on any atom is -0.457 e. The molecular weight excluding hydrogens is 494 g/mol. The number of para-hydroxylation sites is 1. The molecule has 1 spiro atoms. The van der Waals surface area contributed by atoms with E-state index >= 15 is 0 Å². The topological polar surface area (TPSA) is 116 Å². The van der Waals surface area contributed by atoms with E-state index in [4.69, 9.17) is 16.3 Å². The molecule has 37 heavy (non-hydrogen) atoms. The number of carbonyl (C=O) groups excluding carboxylic acids is 3. The molecule has 9 nitrogen and oxygen atoms in total. The summed E-state index contributed by atoms with van der Waals surface area (Å²) in [5.74, 6) is 0.536. The van der Waals surface area contributed by atoms with Gasteiger partial charge in [0.2, 0.25) is 5.91 Å². The van der Waals surface area contributed by atoms with Crippen molar-refractivity contribution in [3.63, 3.8) is 0 Å². The summed E-state index contributed by atoms with van der Waals surface area (Å²) in [7, 11) is 0. The molecule has 1 fully saturated rings. The van der Waals surface area contributed by atoms with Gasteiger partial charge in [-0.2, -0.15) is 0 Å². The lowest BCUT2D eigenvalue weighted by Crippen LogP contribution is -2.54. The molecule has 2 aromatic heterocycles. The number of amides is 2. The molecule has 0 bridgehead atoms. The largest absolute Gasteiger partial charge is 0.457 e. The van der Waals surface area contributed by atoms with Crippen LogP contribution in [0, 0.1) is 0 Å². The fourth-order valence-electron chi connectivity index (χ4n) is 4.92. The van der Waals surface area contributed by atoms with Crippen molar-refractivity contribution in [2.75, 3.05) is 23.7 Å². The van der Waals surface area contributed by atoms with Gasteiger partial charge in [0.05, 0.1) is 40.1 Å². The number of likely N-dealkylation sites (tertiary alicyclic amines) is 1. The van der Waals surface area contributed by atoms with Gasteiger partial charge >= 0.3 is 0 Å². The van der Waals surface area contributed by atoms with Crippen molar-refractivity contribution in [3.8, 4) is 11.5 Å². The normalized spacial score (nSPS) is 18.4. The highest BCUT2D eigenvalue weighted by atomic mass is 35.5. The number of pyridine rings is 1. The van der Waals surface area contributed by atoms with Crippen LogP contribution in [0.5, 0.6) is 11.5 Å². The van der Waals surface area contributed by atoms with Gasteiger partial charge < -0.3 is 25.3 Å². The van der Waals surface area contributed by atoms with Gasteiger partial charge in [-0.05, 0) is 30.7 Å². The summed E-state index contributed by atoms with van der Waals surface area (Å²) in [6.45, 7) is 2.18. The summed E-state index contributed by atoms with van der Waals surface area (Å²) in [6, 6.07) is 14.2. The lowest BCUT2D eigenvalue weighted by molar-refractivity contribution is -0.128. The summed E-state index contributed by atoms with van der Waals surface area (Å²) in [5, 5.41) is 7.07. The van der Waals surface area contributed by atoms with Gasteiger partial charge in [0.1, 0.15) is 22.7 Å². The summed E-state index contributed by atoms with van der Waals surface area (Å²) < 4.78 is 5.83. The van der Waals surface area contributed by atoms with Gasteiger partial charge in [-0.15, -0.1) is 0 Å². The van der Waals surface area contributed by atoms with Gasteiger partial charge in [0.25, 0.3) is 5.91 Å². The maximum Gasteiger partial charge on any atom is 0.252 e. The SMILES string of the molecule is CC(=O)N1CC[C@@]2(C1)Nc1c(cnc3[nH]cc(C(=O)c4ccc(Oc5ccccc5)cc4Cl)c13)NC2=O. The number of aromatic nitrogens is 2. The fraction of sp³-hybridized carbons (Fsp3) is 0.185. The number of anilines is 2. The highest BCUT2D eigenvalue weighted by molar-refractivity contribution is 6.36. The van der Waals surface area contributed by atoms with E-state index < -0.39 is 5.54 Å². The molecule has 1 atom stereocenters. The first-order valence-electron chi connectivity index (χ1n) is 11.8. The molecule has 186 valence electrons. The summed E-state index contributed by atoms with van der Waals surface area (Å²) in [6.07, 6.45) is 3.58. The van der Waals surface area contributed by atoms with E-state index in [0.29, 0.717) is 58.0 Å². The quantitative estimate of drug-likeness (QED) is 0.342. The number of hydrogen-bond donors (Lipinski definition) is 3. The van der Waals surface area contributed by atoms with E-state index in [9.17, 15) is 14.4 Å². The van der Waals surface area contributed by atoms with Crippen LogP contribution in [-0.4, -0.2) is 51.1 Å². The molecule has 2 aromatic carbocycles. The Labute approximate surface area is 216 Å². The Morgan fingerprint density at radius 1 is 1.11 bits per heavy atom. The Balaban J connectivity index is 1.36. The Bertz CT molecular complexity index is 1580. The molecule has 2 amide bonds. The van der Waals surface area contributed by atoms with E-state index in [1.807, 2.05) is 30.3 Å². The predicted molar refractivity (Wildman–Crippen MR) is 139 cm³/mol. The second-order valence-electron chi connectivity index (χ2n) is 9.21. The van der Waals surface area contributed by atoms with Crippen LogP contribution in [0.4, 0.5) is 11.4 Å². The van der Waals surface area contributed by atoms with E-state index in [0.717, 1.165) is 0 Å². The van der Waals surface area contributed by atoms with Crippen molar-refractivity contribution in [3.05, 3.63) is 77.1 Å². The molecular formula is C27H22ClN5O4. The van der Waals surface area contributed by atoms with Crippen molar-refractivity contribution in [2.24, 2.45) is 0 Å². The average molecular weight is 516 g/mol. The predicted octanol–water partition coefficient (Wildman–Crippen LogP) is 4.59. The van der Waals surface area contributed by atoms with E-state index in [1.165, 1.54) is 6.92 Å². The number of aromatic amines is 1. The molecule has 0 aliphatic carbocycles. The molecule has 2 aliphatic rings. The molecule has 2 aliphatic heterocycles. The molecule has 6 rings (SSSR count). The molecule has 1 saturated heterocycles.